The normalized spacial score (nSPS) is 15.4. The average Bonchev–Trinajstić information content (AvgIpc) is 3.02. The molecule has 0 amide bonds. The van der Waals surface area contributed by atoms with Gasteiger partial charge in [0.25, 0.3) is 0 Å². The molecule has 0 N–H and O–H groups in total. The van der Waals surface area contributed by atoms with Gasteiger partial charge in [0.2, 0.25) is 0 Å². The van der Waals surface area contributed by atoms with E-state index in [-0.39, 0.29) is 0 Å². The van der Waals surface area contributed by atoms with E-state index in [0.29, 0.717) is 6.04 Å². The number of hydrogen-bond donors (Lipinski definition) is 0. The topological polar surface area (TPSA) is 30.7 Å². The molecule has 3 rings (SSSR count). The van der Waals surface area contributed by atoms with Gasteiger partial charge in [-0.3, -0.25) is 0 Å². The van der Waals surface area contributed by atoms with Crippen LogP contribution in [0.15, 0.2) is 24.4 Å². The van der Waals surface area contributed by atoms with E-state index in [1.165, 1.54) is 29.5 Å². The molecule has 1 fully saturated rings. The van der Waals surface area contributed by atoms with Crippen molar-refractivity contribution in [1.82, 2.24) is 15.0 Å². The van der Waals surface area contributed by atoms with Gasteiger partial charge < -0.3 is 0 Å². The molecule has 1 saturated carbocycles. The zero-order valence-electron chi connectivity index (χ0n) is 9.64. The maximum Gasteiger partial charge on any atom is 0.113 e. The summed E-state index contributed by atoms with van der Waals surface area (Å²) in [5.41, 5.74) is 4.80. The van der Waals surface area contributed by atoms with E-state index in [4.69, 9.17) is 0 Å². The average molecular weight is 213 g/mol. The van der Waals surface area contributed by atoms with Crippen molar-refractivity contribution in [2.24, 2.45) is 0 Å². The van der Waals surface area contributed by atoms with Crippen molar-refractivity contribution in [2.45, 2.75) is 32.7 Å². The Balaban J connectivity index is 2.03. The minimum Gasteiger partial charge on any atom is -0.181 e. The Hall–Kier alpha value is -1.64. The fourth-order valence-electron chi connectivity index (χ4n) is 1.91. The molecule has 0 atom stereocenters. The zero-order chi connectivity index (χ0) is 11.1. The predicted octanol–water partition coefficient (Wildman–Crippen LogP) is 2.90. The Morgan fingerprint density at radius 1 is 1.25 bits per heavy atom. The molecule has 3 nitrogen and oxygen atoms in total. The number of nitrogens with zero attached hydrogens (tertiary/aromatic N) is 3. The van der Waals surface area contributed by atoms with Gasteiger partial charge in [0.05, 0.1) is 12.2 Å². The molecule has 0 unspecified atom stereocenters. The molecule has 2 aromatic rings. The third-order valence-corrected chi connectivity index (χ3v) is 3.26. The minimum absolute atomic E-state index is 0.555. The highest BCUT2D eigenvalue weighted by Gasteiger charge is 2.25. The van der Waals surface area contributed by atoms with E-state index in [1.54, 1.807) is 0 Å². The Morgan fingerprint density at radius 3 is 2.81 bits per heavy atom. The van der Waals surface area contributed by atoms with Crippen LogP contribution in [0.1, 0.15) is 30.0 Å². The van der Waals surface area contributed by atoms with E-state index < -0.39 is 0 Å². The van der Waals surface area contributed by atoms with Crippen molar-refractivity contribution in [1.29, 1.82) is 0 Å². The van der Waals surface area contributed by atoms with Crippen LogP contribution in [0.2, 0.25) is 0 Å². The quantitative estimate of drug-likeness (QED) is 0.768. The maximum absolute atomic E-state index is 4.55. The number of aryl methyl sites for hydroxylation is 1. The molecule has 82 valence electrons. The second kappa shape index (κ2) is 3.44. The van der Waals surface area contributed by atoms with Crippen LogP contribution in [0, 0.1) is 13.8 Å². The van der Waals surface area contributed by atoms with Gasteiger partial charge in [-0.2, -0.15) is 15.0 Å². The lowest BCUT2D eigenvalue weighted by atomic mass is 10.0. The van der Waals surface area contributed by atoms with E-state index in [0.717, 1.165) is 5.69 Å². The van der Waals surface area contributed by atoms with Crippen LogP contribution in [-0.2, 0) is 0 Å². The molecule has 16 heavy (non-hydrogen) atoms. The summed E-state index contributed by atoms with van der Waals surface area (Å²) in [5, 5.41) is 8.88. The summed E-state index contributed by atoms with van der Waals surface area (Å²) in [6, 6.07) is 6.88. The molecule has 1 aliphatic rings. The Bertz CT molecular complexity index is 524. The first-order chi connectivity index (χ1) is 7.75. The molecule has 1 aromatic carbocycles. The molecule has 3 heteroatoms. The molecule has 1 heterocycles. The van der Waals surface area contributed by atoms with Gasteiger partial charge in [0.1, 0.15) is 5.69 Å². The van der Waals surface area contributed by atoms with E-state index in [9.17, 15) is 0 Å². The van der Waals surface area contributed by atoms with Crippen molar-refractivity contribution >= 4 is 0 Å². The van der Waals surface area contributed by atoms with Gasteiger partial charge in [0.15, 0.2) is 0 Å². The molecule has 0 radical (unpaired) electrons. The fraction of sp³-hybridized carbons (Fsp3) is 0.385. The maximum atomic E-state index is 4.55. The fourth-order valence-corrected chi connectivity index (χ4v) is 1.91. The van der Waals surface area contributed by atoms with Crippen LogP contribution in [0.5, 0.6) is 0 Å². The van der Waals surface area contributed by atoms with Crippen LogP contribution in [0.4, 0.5) is 0 Å². The molecule has 0 aliphatic heterocycles. The van der Waals surface area contributed by atoms with Gasteiger partial charge in [-0.05, 0) is 37.8 Å². The van der Waals surface area contributed by atoms with Crippen LogP contribution in [0.3, 0.4) is 0 Å². The third-order valence-electron chi connectivity index (χ3n) is 3.26. The Morgan fingerprint density at radius 2 is 2.06 bits per heavy atom. The van der Waals surface area contributed by atoms with Crippen LogP contribution in [0.25, 0.3) is 11.3 Å². The molecule has 0 bridgehead atoms. The SMILES string of the molecule is Cc1cccc(-c2cnn(C3CC3)n2)c1C. The molecule has 1 aliphatic carbocycles. The third kappa shape index (κ3) is 1.52. The summed E-state index contributed by atoms with van der Waals surface area (Å²) >= 11 is 0. The van der Waals surface area contributed by atoms with Gasteiger partial charge in [-0.15, -0.1) is 0 Å². The van der Waals surface area contributed by atoms with Gasteiger partial charge in [-0.25, -0.2) is 0 Å². The van der Waals surface area contributed by atoms with Gasteiger partial charge in [-0.1, -0.05) is 18.2 Å². The van der Waals surface area contributed by atoms with Crippen LogP contribution >= 0.6 is 0 Å². The monoisotopic (exact) mass is 213 g/mol. The minimum atomic E-state index is 0.555. The molecular formula is C13H15N3. The Kier molecular flexibility index (Phi) is 2.06. The predicted molar refractivity (Wildman–Crippen MR) is 63.2 cm³/mol. The zero-order valence-corrected chi connectivity index (χ0v) is 9.64. The van der Waals surface area contributed by atoms with Gasteiger partial charge in [0, 0.05) is 5.56 Å². The van der Waals surface area contributed by atoms with E-state index in [2.05, 4.69) is 42.2 Å². The lowest BCUT2D eigenvalue weighted by Crippen LogP contribution is -1.98. The number of rotatable bonds is 2. The highest BCUT2D eigenvalue weighted by molar-refractivity contribution is 5.63. The van der Waals surface area contributed by atoms with Crippen LogP contribution in [-0.4, -0.2) is 15.0 Å². The second-order valence-corrected chi connectivity index (χ2v) is 4.53. The molecule has 1 aromatic heterocycles. The summed E-state index contributed by atoms with van der Waals surface area (Å²) in [4.78, 5) is 1.86. The Labute approximate surface area is 95.1 Å². The van der Waals surface area contributed by atoms with E-state index in [1.807, 2.05) is 11.0 Å². The van der Waals surface area contributed by atoms with Crippen molar-refractivity contribution < 1.29 is 0 Å². The second-order valence-electron chi connectivity index (χ2n) is 4.53. The molecule has 0 spiro atoms. The number of benzene rings is 1. The highest BCUT2D eigenvalue weighted by Crippen LogP contribution is 2.34. The van der Waals surface area contributed by atoms with Crippen LogP contribution < -0.4 is 0 Å². The standard InChI is InChI=1S/C13H15N3/c1-9-4-3-5-12(10(9)2)13-8-14-16(15-13)11-6-7-11/h3-5,8,11H,6-7H2,1-2H3. The van der Waals surface area contributed by atoms with Crippen molar-refractivity contribution in [3.05, 3.63) is 35.5 Å². The summed E-state index contributed by atoms with van der Waals surface area (Å²) in [5.74, 6) is 0. The molecule has 0 saturated heterocycles. The summed E-state index contributed by atoms with van der Waals surface area (Å²) < 4.78 is 0. The summed E-state index contributed by atoms with van der Waals surface area (Å²) in [6.07, 6.45) is 4.32. The van der Waals surface area contributed by atoms with Crippen molar-refractivity contribution in [2.75, 3.05) is 0 Å². The molecular weight excluding hydrogens is 198 g/mol. The first-order valence-corrected chi connectivity index (χ1v) is 5.74. The largest absolute Gasteiger partial charge is 0.181 e. The summed E-state index contributed by atoms with van der Waals surface area (Å²) in [7, 11) is 0. The first-order valence-electron chi connectivity index (χ1n) is 5.74. The number of hydrogen-bond acceptors (Lipinski definition) is 2. The smallest absolute Gasteiger partial charge is 0.113 e. The first kappa shape index (κ1) is 9.58. The highest BCUT2D eigenvalue weighted by atomic mass is 15.5. The summed E-state index contributed by atoms with van der Waals surface area (Å²) in [6.45, 7) is 4.27. The van der Waals surface area contributed by atoms with Crippen molar-refractivity contribution in [3.8, 4) is 11.3 Å². The van der Waals surface area contributed by atoms with Crippen molar-refractivity contribution in [3.63, 3.8) is 0 Å². The lowest BCUT2D eigenvalue weighted by molar-refractivity contribution is 0.554. The van der Waals surface area contributed by atoms with E-state index >= 15 is 0 Å². The lowest BCUT2D eigenvalue weighted by Gasteiger charge is -2.04. The number of aromatic nitrogens is 3. The van der Waals surface area contributed by atoms with Gasteiger partial charge >= 0.3 is 0 Å².